The van der Waals surface area contributed by atoms with Gasteiger partial charge >= 0.3 is 0 Å². The van der Waals surface area contributed by atoms with Crippen LogP contribution in [0.25, 0.3) is 0 Å². The van der Waals surface area contributed by atoms with Crippen molar-refractivity contribution in [3.63, 3.8) is 0 Å². The molecule has 0 aromatic heterocycles. The van der Waals surface area contributed by atoms with Crippen LogP contribution in [0.4, 0.5) is 0 Å². The van der Waals surface area contributed by atoms with Gasteiger partial charge < -0.3 is 15.4 Å². The molecule has 1 aromatic rings. The van der Waals surface area contributed by atoms with E-state index in [2.05, 4.69) is 10.6 Å². The zero-order valence-corrected chi connectivity index (χ0v) is 10.7. The maximum Gasteiger partial charge on any atom is 0.255 e. The molecule has 18 heavy (non-hydrogen) atoms. The van der Waals surface area contributed by atoms with Crippen LogP contribution in [0.1, 0.15) is 24.2 Å². The van der Waals surface area contributed by atoms with Crippen molar-refractivity contribution >= 4 is 11.8 Å². The molecule has 0 saturated carbocycles. The lowest BCUT2D eigenvalue weighted by atomic mass is 10.2. The third kappa shape index (κ3) is 4.45. The van der Waals surface area contributed by atoms with E-state index >= 15 is 0 Å². The summed E-state index contributed by atoms with van der Waals surface area (Å²) in [7, 11) is 0. The first-order chi connectivity index (χ1) is 8.65. The van der Waals surface area contributed by atoms with E-state index < -0.39 is 0 Å². The summed E-state index contributed by atoms with van der Waals surface area (Å²) in [5.74, 6) is 0.250. The predicted octanol–water partition coefficient (Wildman–Crippen LogP) is 0.951. The quantitative estimate of drug-likeness (QED) is 0.739. The second-order valence-electron chi connectivity index (χ2n) is 3.67. The Bertz CT molecular complexity index is 418. The second kappa shape index (κ2) is 7.32. The van der Waals surface area contributed by atoms with Crippen molar-refractivity contribution in [3.05, 3.63) is 29.8 Å². The Morgan fingerprint density at radius 2 is 1.83 bits per heavy atom. The number of amides is 2. The van der Waals surface area contributed by atoms with Crippen LogP contribution in [0.3, 0.4) is 0 Å². The number of ether oxygens (including phenoxy) is 1. The van der Waals surface area contributed by atoms with Crippen molar-refractivity contribution in [2.75, 3.05) is 19.7 Å². The van der Waals surface area contributed by atoms with Gasteiger partial charge in [-0.15, -0.1) is 0 Å². The minimum atomic E-state index is -0.204. The molecular weight excluding hydrogens is 232 g/mol. The molecule has 0 saturated heterocycles. The first-order valence-corrected chi connectivity index (χ1v) is 5.89. The number of carbonyl (C=O) groups excluding carboxylic acids is 2. The molecule has 0 aliphatic carbocycles. The van der Waals surface area contributed by atoms with E-state index in [0.717, 1.165) is 0 Å². The minimum Gasteiger partial charge on any atom is -0.493 e. The van der Waals surface area contributed by atoms with E-state index in [0.29, 0.717) is 31.0 Å². The Morgan fingerprint density at radius 3 is 2.50 bits per heavy atom. The molecule has 0 fully saturated rings. The SMILES string of the molecule is CCOc1ccccc1C(=O)NCCNC(C)=O. The van der Waals surface area contributed by atoms with Gasteiger partial charge in [0, 0.05) is 20.0 Å². The molecule has 0 aliphatic rings. The van der Waals surface area contributed by atoms with Crippen LogP contribution < -0.4 is 15.4 Å². The van der Waals surface area contributed by atoms with Gasteiger partial charge in [0.15, 0.2) is 0 Å². The van der Waals surface area contributed by atoms with Gasteiger partial charge in [0.2, 0.25) is 5.91 Å². The summed E-state index contributed by atoms with van der Waals surface area (Å²) in [6, 6.07) is 7.06. The third-order valence-corrected chi connectivity index (χ3v) is 2.22. The summed E-state index contributed by atoms with van der Waals surface area (Å²) < 4.78 is 5.37. The fourth-order valence-electron chi connectivity index (χ4n) is 1.45. The Hall–Kier alpha value is -2.04. The Kier molecular flexibility index (Phi) is 5.70. The van der Waals surface area contributed by atoms with E-state index in [1.807, 2.05) is 13.0 Å². The maximum absolute atomic E-state index is 11.9. The highest BCUT2D eigenvalue weighted by Gasteiger charge is 2.10. The molecule has 2 amide bonds. The predicted molar refractivity (Wildman–Crippen MR) is 68.6 cm³/mol. The van der Waals surface area contributed by atoms with Gasteiger partial charge in [0.25, 0.3) is 5.91 Å². The van der Waals surface area contributed by atoms with Crippen LogP contribution in [0.5, 0.6) is 5.75 Å². The Balaban J connectivity index is 2.53. The van der Waals surface area contributed by atoms with Gasteiger partial charge in [-0.2, -0.15) is 0 Å². The van der Waals surface area contributed by atoms with Crippen LogP contribution in [0, 0.1) is 0 Å². The average molecular weight is 250 g/mol. The van der Waals surface area contributed by atoms with Crippen LogP contribution >= 0.6 is 0 Å². The van der Waals surface area contributed by atoms with Crippen LogP contribution in [0.2, 0.25) is 0 Å². The number of hydrogen-bond acceptors (Lipinski definition) is 3. The lowest BCUT2D eigenvalue weighted by molar-refractivity contribution is -0.118. The van der Waals surface area contributed by atoms with Gasteiger partial charge in [-0.25, -0.2) is 0 Å². The molecule has 0 heterocycles. The zero-order valence-electron chi connectivity index (χ0n) is 10.7. The first-order valence-electron chi connectivity index (χ1n) is 5.89. The Morgan fingerprint density at radius 1 is 1.17 bits per heavy atom. The van der Waals surface area contributed by atoms with Crippen LogP contribution in [0.15, 0.2) is 24.3 Å². The van der Waals surface area contributed by atoms with Crippen LogP contribution in [-0.2, 0) is 4.79 Å². The number of benzene rings is 1. The van der Waals surface area contributed by atoms with E-state index in [1.54, 1.807) is 18.2 Å². The topological polar surface area (TPSA) is 67.4 Å². The summed E-state index contributed by atoms with van der Waals surface area (Å²) in [4.78, 5) is 22.5. The van der Waals surface area contributed by atoms with Crippen LogP contribution in [-0.4, -0.2) is 31.5 Å². The molecule has 5 nitrogen and oxygen atoms in total. The summed E-state index contributed by atoms with van der Waals surface area (Å²) in [5, 5.41) is 5.33. The number of hydrogen-bond donors (Lipinski definition) is 2. The maximum atomic E-state index is 11.9. The fourth-order valence-corrected chi connectivity index (χ4v) is 1.45. The van der Waals surface area contributed by atoms with E-state index in [-0.39, 0.29) is 11.8 Å². The molecule has 0 aliphatic heterocycles. The van der Waals surface area contributed by atoms with E-state index in [9.17, 15) is 9.59 Å². The molecule has 2 N–H and O–H groups in total. The number of carbonyl (C=O) groups is 2. The van der Waals surface area contributed by atoms with Crippen molar-refractivity contribution < 1.29 is 14.3 Å². The van der Waals surface area contributed by atoms with Crippen molar-refractivity contribution in [2.24, 2.45) is 0 Å². The minimum absolute atomic E-state index is 0.112. The molecule has 0 bridgehead atoms. The fraction of sp³-hybridized carbons (Fsp3) is 0.385. The van der Waals surface area contributed by atoms with Gasteiger partial charge in [-0.05, 0) is 19.1 Å². The Labute approximate surface area is 107 Å². The van der Waals surface area contributed by atoms with Crippen molar-refractivity contribution in [1.29, 1.82) is 0 Å². The van der Waals surface area contributed by atoms with Crippen molar-refractivity contribution in [3.8, 4) is 5.75 Å². The van der Waals surface area contributed by atoms with Gasteiger partial charge in [0.05, 0.1) is 12.2 Å². The number of para-hydroxylation sites is 1. The highest BCUT2D eigenvalue weighted by Crippen LogP contribution is 2.17. The summed E-state index contributed by atoms with van der Waals surface area (Å²) in [5.41, 5.74) is 0.502. The second-order valence-corrected chi connectivity index (χ2v) is 3.67. The smallest absolute Gasteiger partial charge is 0.255 e. The molecule has 1 aromatic carbocycles. The zero-order chi connectivity index (χ0) is 13.4. The monoisotopic (exact) mass is 250 g/mol. The summed E-state index contributed by atoms with van der Waals surface area (Å²) >= 11 is 0. The summed E-state index contributed by atoms with van der Waals surface area (Å²) in [6.07, 6.45) is 0. The lowest BCUT2D eigenvalue weighted by Crippen LogP contribution is -2.33. The van der Waals surface area contributed by atoms with Gasteiger partial charge in [-0.1, -0.05) is 12.1 Å². The van der Waals surface area contributed by atoms with E-state index in [4.69, 9.17) is 4.74 Å². The molecule has 98 valence electrons. The lowest BCUT2D eigenvalue weighted by Gasteiger charge is -2.10. The third-order valence-electron chi connectivity index (χ3n) is 2.22. The van der Waals surface area contributed by atoms with Crippen molar-refractivity contribution in [2.45, 2.75) is 13.8 Å². The summed E-state index contributed by atoms with van der Waals surface area (Å²) in [6.45, 7) is 4.62. The first kappa shape index (κ1) is 14.0. The highest BCUT2D eigenvalue weighted by atomic mass is 16.5. The number of rotatable bonds is 6. The molecule has 1 rings (SSSR count). The van der Waals surface area contributed by atoms with Crippen molar-refractivity contribution in [1.82, 2.24) is 10.6 Å². The molecule has 0 spiro atoms. The molecular formula is C13H18N2O3. The van der Waals surface area contributed by atoms with Gasteiger partial charge in [-0.3, -0.25) is 9.59 Å². The molecule has 0 unspecified atom stereocenters. The molecule has 5 heteroatoms. The molecule has 0 atom stereocenters. The standard InChI is InChI=1S/C13H18N2O3/c1-3-18-12-7-5-4-6-11(12)13(17)15-9-8-14-10(2)16/h4-7H,3,8-9H2,1-2H3,(H,14,16)(H,15,17). The average Bonchev–Trinajstić information content (AvgIpc) is 2.35. The largest absolute Gasteiger partial charge is 0.493 e. The normalized spacial score (nSPS) is 9.67. The van der Waals surface area contributed by atoms with E-state index in [1.165, 1.54) is 6.92 Å². The number of nitrogens with one attached hydrogen (secondary N) is 2. The highest BCUT2D eigenvalue weighted by molar-refractivity contribution is 5.96. The van der Waals surface area contributed by atoms with Gasteiger partial charge in [0.1, 0.15) is 5.75 Å². The molecule has 0 radical (unpaired) electrons.